The predicted molar refractivity (Wildman–Crippen MR) is 114 cm³/mol. The van der Waals surface area contributed by atoms with E-state index in [9.17, 15) is 9.59 Å². The molecule has 0 amide bonds. The van der Waals surface area contributed by atoms with Gasteiger partial charge in [-0.1, -0.05) is 40.9 Å². The zero-order chi connectivity index (χ0) is 20.4. The summed E-state index contributed by atoms with van der Waals surface area (Å²) < 4.78 is 2.38. The van der Waals surface area contributed by atoms with Crippen LogP contribution in [0, 0.1) is 0 Å². The lowest BCUT2D eigenvalue weighted by atomic mass is 10.2. The molecule has 2 heterocycles. The van der Waals surface area contributed by atoms with Gasteiger partial charge in [0.05, 0.1) is 15.7 Å². The highest BCUT2D eigenvalue weighted by Gasteiger charge is 2.12. The van der Waals surface area contributed by atoms with Crippen molar-refractivity contribution in [2.24, 2.45) is 19.1 Å². The van der Waals surface area contributed by atoms with Crippen molar-refractivity contribution in [2.45, 2.75) is 10.1 Å². The number of pyridine rings is 1. The van der Waals surface area contributed by atoms with Crippen LogP contribution in [0.25, 0.3) is 0 Å². The van der Waals surface area contributed by atoms with Gasteiger partial charge in [-0.25, -0.2) is 9.78 Å². The third kappa shape index (κ3) is 4.50. The van der Waals surface area contributed by atoms with Crippen molar-refractivity contribution in [1.82, 2.24) is 14.1 Å². The topological polar surface area (TPSA) is 69.2 Å². The first-order valence-corrected chi connectivity index (χ1v) is 9.82. The fourth-order valence-corrected chi connectivity index (χ4v) is 3.84. The molecule has 0 fully saturated rings. The van der Waals surface area contributed by atoms with Gasteiger partial charge >= 0.3 is 5.69 Å². The Kier molecular flexibility index (Phi) is 6.30. The molecule has 0 saturated heterocycles. The first-order valence-electron chi connectivity index (χ1n) is 7.87. The van der Waals surface area contributed by atoms with Crippen LogP contribution in [0.2, 0.25) is 15.2 Å². The third-order valence-electron chi connectivity index (χ3n) is 3.79. The van der Waals surface area contributed by atoms with Gasteiger partial charge in [0.25, 0.3) is 5.56 Å². The lowest BCUT2D eigenvalue weighted by Crippen LogP contribution is -2.36. The van der Waals surface area contributed by atoms with E-state index in [1.165, 1.54) is 17.7 Å². The van der Waals surface area contributed by atoms with E-state index in [0.717, 1.165) is 16.3 Å². The molecular formula is C18H13Cl3N4O2S. The third-order valence-corrected chi connectivity index (χ3v) is 5.66. The summed E-state index contributed by atoms with van der Waals surface area (Å²) in [6.45, 7) is 0. The highest BCUT2D eigenvalue weighted by molar-refractivity contribution is 7.99. The molecule has 0 radical (unpaired) electrons. The molecule has 1 aromatic carbocycles. The molecule has 6 nitrogen and oxygen atoms in total. The minimum Gasteiger partial charge on any atom is -0.291 e. The number of hydrogen-bond donors (Lipinski definition) is 0. The minimum atomic E-state index is -0.435. The zero-order valence-electron chi connectivity index (χ0n) is 14.7. The fourth-order valence-electron chi connectivity index (χ4n) is 2.24. The molecule has 0 N–H and O–H groups in total. The van der Waals surface area contributed by atoms with E-state index in [-0.39, 0.29) is 5.15 Å². The van der Waals surface area contributed by atoms with Crippen LogP contribution in [0.15, 0.2) is 61.0 Å². The van der Waals surface area contributed by atoms with E-state index >= 15 is 0 Å². The van der Waals surface area contributed by atoms with Crippen LogP contribution in [0.1, 0.15) is 5.56 Å². The summed E-state index contributed by atoms with van der Waals surface area (Å²) in [7, 11) is 2.99. The Morgan fingerprint density at radius 3 is 2.50 bits per heavy atom. The Bertz CT molecular complexity index is 1200. The van der Waals surface area contributed by atoms with Crippen molar-refractivity contribution in [3.63, 3.8) is 0 Å². The van der Waals surface area contributed by atoms with E-state index < -0.39 is 11.2 Å². The van der Waals surface area contributed by atoms with Gasteiger partial charge in [-0.2, -0.15) is 0 Å². The molecule has 0 saturated carbocycles. The van der Waals surface area contributed by atoms with Gasteiger partial charge in [0.1, 0.15) is 10.2 Å². The van der Waals surface area contributed by atoms with Gasteiger partial charge in [-0.05, 0) is 36.0 Å². The fraction of sp³-hybridized carbons (Fsp3) is 0.111. The zero-order valence-corrected chi connectivity index (χ0v) is 17.8. The van der Waals surface area contributed by atoms with Gasteiger partial charge < -0.3 is 0 Å². The molecule has 2 aromatic heterocycles. The van der Waals surface area contributed by atoms with Crippen molar-refractivity contribution in [2.75, 3.05) is 0 Å². The van der Waals surface area contributed by atoms with Crippen LogP contribution in [0.3, 0.4) is 0 Å². The smallest absolute Gasteiger partial charge is 0.291 e. The van der Waals surface area contributed by atoms with E-state index in [2.05, 4.69) is 9.98 Å². The largest absolute Gasteiger partial charge is 0.331 e. The molecule has 0 spiro atoms. The number of rotatable bonds is 4. The normalized spacial score (nSPS) is 11.3. The average molecular weight is 456 g/mol. The van der Waals surface area contributed by atoms with Gasteiger partial charge in [-0.3, -0.25) is 18.9 Å². The highest BCUT2D eigenvalue weighted by Crippen LogP contribution is 2.33. The average Bonchev–Trinajstić information content (AvgIpc) is 2.65. The van der Waals surface area contributed by atoms with Gasteiger partial charge in [0.2, 0.25) is 0 Å². The Hall–Kier alpha value is -2.06. The van der Waals surface area contributed by atoms with Crippen molar-refractivity contribution < 1.29 is 0 Å². The SMILES string of the molecule is Cn1c(Sc2nc(Cl)ccc2N=Cc2ccc(Cl)cc2Cl)cc(=O)n(C)c1=O. The molecule has 3 rings (SSSR count). The Balaban J connectivity index is 2.02. The maximum absolute atomic E-state index is 12.1. The molecule has 0 aliphatic rings. The van der Waals surface area contributed by atoms with E-state index in [4.69, 9.17) is 34.8 Å². The van der Waals surface area contributed by atoms with E-state index in [1.54, 1.807) is 43.6 Å². The Morgan fingerprint density at radius 2 is 1.79 bits per heavy atom. The minimum absolute atomic E-state index is 0.264. The number of aliphatic imine (C=N–C) groups is 1. The summed E-state index contributed by atoms with van der Waals surface area (Å²) in [6.07, 6.45) is 1.58. The van der Waals surface area contributed by atoms with Crippen LogP contribution in [0.4, 0.5) is 5.69 Å². The lowest BCUT2D eigenvalue weighted by Gasteiger charge is -2.10. The summed E-state index contributed by atoms with van der Waals surface area (Å²) in [5.74, 6) is 0. The van der Waals surface area contributed by atoms with Gasteiger partial charge in [-0.15, -0.1) is 0 Å². The highest BCUT2D eigenvalue weighted by atomic mass is 35.5. The second-order valence-electron chi connectivity index (χ2n) is 5.71. The molecule has 0 atom stereocenters. The van der Waals surface area contributed by atoms with Crippen LogP contribution in [-0.2, 0) is 14.1 Å². The number of halogens is 3. The monoisotopic (exact) mass is 454 g/mol. The standard InChI is InChI=1S/C18H13Cl3N4O2S/c1-24-15(26)8-16(25(2)18(24)27)28-17-13(5-6-14(21)23-17)22-9-10-3-4-11(19)7-12(10)20/h3-9H,1-2H3. The summed E-state index contributed by atoms with van der Waals surface area (Å²) >= 11 is 19.2. The molecule has 0 bridgehead atoms. The predicted octanol–water partition coefficient (Wildman–Crippen LogP) is 4.34. The number of hydrogen-bond acceptors (Lipinski definition) is 5. The first-order chi connectivity index (χ1) is 13.3. The van der Waals surface area contributed by atoms with Crippen molar-refractivity contribution in [1.29, 1.82) is 0 Å². The van der Waals surface area contributed by atoms with Crippen LogP contribution >= 0.6 is 46.6 Å². The van der Waals surface area contributed by atoms with Gasteiger partial charge in [0, 0.05) is 37.0 Å². The van der Waals surface area contributed by atoms with Gasteiger partial charge in [0.15, 0.2) is 0 Å². The number of aromatic nitrogens is 3. The molecule has 0 aliphatic heterocycles. The Morgan fingerprint density at radius 1 is 1.04 bits per heavy atom. The molecule has 144 valence electrons. The van der Waals surface area contributed by atoms with Crippen molar-refractivity contribution >= 4 is 58.5 Å². The quantitative estimate of drug-likeness (QED) is 0.333. The summed E-state index contributed by atoms with van der Waals surface area (Å²) in [5, 5.41) is 2.11. The molecule has 0 unspecified atom stereocenters. The van der Waals surface area contributed by atoms with Crippen molar-refractivity contribution in [3.05, 3.63) is 78.0 Å². The molecule has 10 heteroatoms. The van der Waals surface area contributed by atoms with Crippen LogP contribution in [-0.4, -0.2) is 20.3 Å². The molecule has 3 aromatic rings. The Labute approximate surface area is 179 Å². The molecule has 28 heavy (non-hydrogen) atoms. The summed E-state index contributed by atoms with van der Waals surface area (Å²) in [6, 6.07) is 9.73. The number of nitrogens with zero attached hydrogens (tertiary/aromatic N) is 4. The second kappa shape index (κ2) is 8.53. The maximum Gasteiger partial charge on any atom is 0.331 e. The molecule has 0 aliphatic carbocycles. The van der Waals surface area contributed by atoms with Crippen LogP contribution in [0.5, 0.6) is 0 Å². The second-order valence-corrected chi connectivity index (χ2v) is 7.95. The summed E-state index contributed by atoms with van der Waals surface area (Å²) in [4.78, 5) is 32.8. The maximum atomic E-state index is 12.1. The first kappa shape index (κ1) is 20.7. The van der Waals surface area contributed by atoms with E-state index in [0.29, 0.717) is 31.3 Å². The van der Waals surface area contributed by atoms with E-state index in [1.807, 2.05) is 0 Å². The van der Waals surface area contributed by atoms with Crippen molar-refractivity contribution in [3.8, 4) is 0 Å². The van der Waals surface area contributed by atoms with Crippen LogP contribution < -0.4 is 11.2 Å². The number of benzene rings is 1. The molecular weight excluding hydrogens is 443 g/mol. The lowest BCUT2D eigenvalue weighted by molar-refractivity contribution is 0.635. The summed E-state index contributed by atoms with van der Waals surface area (Å²) in [5.41, 5.74) is 0.340.